The highest BCUT2D eigenvalue weighted by atomic mass is 19.1. The second-order valence-electron chi connectivity index (χ2n) is 5.53. The molecule has 134 valence electrons. The molecule has 2 aromatic rings. The standard InChI is InChI=1S/C19H22FNO4/c1-12(14-8-6-7-9-15(14)20)21(2)19(22)13-10-16(23-3)18(25-5)17(11-13)24-4/h6-12H,1-5H3. The molecule has 0 N–H and O–H groups in total. The van der Waals surface area contributed by atoms with Crippen LogP contribution in [0.2, 0.25) is 0 Å². The molecule has 1 atom stereocenters. The summed E-state index contributed by atoms with van der Waals surface area (Å²) in [5.74, 6) is 0.551. The van der Waals surface area contributed by atoms with Crippen molar-refractivity contribution in [2.75, 3.05) is 28.4 Å². The number of carbonyl (C=O) groups is 1. The first kappa shape index (κ1) is 18.6. The topological polar surface area (TPSA) is 48.0 Å². The van der Waals surface area contributed by atoms with Gasteiger partial charge in [0.05, 0.1) is 27.4 Å². The third-order valence-corrected chi connectivity index (χ3v) is 4.17. The molecule has 0 aliphatic carbocycles. The molecule has 0 heterocycles. The summed E-state index contributed by atoms with van der Waals surface area (Å²) in [6.07, 6.45) is 0. The highest BCUT2D eigenvalue weighted by molar-refractivity contribution is 5.95. The number of halogens is 1. The monoisotopic (exact) mass is 347 g/mol. The number of amides is 1. The average molecular weight is 347 g/mol. The molecular formula is C19H22FNO4. The Labute approximate surface area is 146 Å². The summed E-state index contributed by atoms with van der Waals surface area (Å²) < 4.78 is 29.8. The molecule has 5 nitrogen and oxygen atoms in total. The molecule has 2 rings (SSSR count). The van der Waals surface area contributed by atoms with Gasteiger partial charge in [-0.2, -0.15) is 0 Å². The largest absolute Gasteiger partial charge is 0.493 e. The van der Waals surface area contributed by atoms with Gasteiger partial charge >= 0.3 is 0 Å². The van der Waals surface area contributed by atoms with E-state index in [0.29, 0.717) is 28.4 Å². The molecule has 25 heavy (non-hydrogen) atoms. The van der Waals surface area contributed by atoms with Gasteiger partial charge in [0.2, 0.25) is 5.75 Å². The summed E-state index contributed by atoms with van der Waals surface area (Å²) in [4.78, 5) is 14.3. The van der Waals surface area contributed by atoms with Gasteiger partial charge in [-0.25, -0.2) is 4.39 Å². The molecule has 0 radical (unpaired) electrons. The van der Waals surface area contributed by atoms with Gasteiger partial charge in [-0.05, 0) is 25.1 Å². The smallest absolute Gasteiger partial charge is 0.254 e. The van der Waals surface area contributed by atoms with Crippen LogP contribution in [0.3, 0.4) is 0 Å². The van der Waals surface area contributed by atoms with Crippen molar-refractivity contribution in [3.05, 3.63) is 53.3 Å². The lowest BCUT2D eigenvalue weighted by atomic mass is 10.1. The van der Waals surface area contributed by atoms with E-state index in [1.165, 1.54) is 32.3 Å². The maximum absolute atomic E-state index is 14.0. The number of rotatable bonds is 6. The van der Waals surface area contributed by atoms with Crippen LogP contribution in [0, 0.1) is 5.82 Å². The third kappa shape index (κ3) is 3.68. The van der Waals surface area contributed by atoms with E-state index in [0.717, 1.165) is 0 Å². The molecule has 0 saturated carbocycles. The Morgan fingerprint density at radius 2 is 1.60 bits per heavy atom. The van der Waals surface area contributed by atoms with Crippen LogP contribution in [0.15, 0.2) is 36.4 Å². The molecule has 1 amide bonds. The maximum atomic E-state index is 14.0. The predicted molar refractivity (Wildman–Crippen MR) is 93.0 cm³/mol. The van der Waals surface area contributed by atoms with Gasteiger partial charge in [-0.1, -0.05) is 18.2 Å². The fourth-order valence-electron chi connectivity index (χ4n) is 2.61. The Kier molecular flexibility index (Phi) is 5.85. The van der Waals surface area contributed by atoms with Gasteiger partial charge in [-0.15, -0.1) is 0 Å². The van der Waals surface area contributed by atoms with Crippen LogP contribution in [0.1, 0.15) is 28.9 Å². The summed E-state index contributed by atoms with van der Waals surface area (Å²) in [7, 11) is 6.09. The van der Waals surface area contributed by atoms with Crippen LogP contribution in [-0.2, 0) is 0 Å². The first-order chi connectivity index (χ1) is 11.9. The lowest BCUT2D eigenvalue weighted by Crippen LogP contribution is -2.30. The highest BCUT2D eigenvalue weighted by Gasteiger charge is 2.24. The zero-order valence-corrected chi connectivity index (χ0v) is 15.0. The van der Waals surface area contributed by atoms with Crippen LogP contribution >= 0.6 is 0 Å². The second kappa shape index (κ2) is 7.88. The third-order valence-electron chi connectivity index (χ3n) is 4.17. The summed E-state index contributed by atoms with van der Waals surface area (Å²) in [5.41, 5.74) is 0.811. The lowest BCUT2D eigenvalue weighted by molar-refractivity contribution is 0.0739. The van der Waals surface area contributed by atoms with E-state index in [-0.39, 0.29) is 11.7 Å². The fourth-order valence-corrected chi connectivity index (χ4v) is 2.61. The Morgan fingerprint density at radius 1 is 1.04 bits per heavy atom. The van der Waals surface area contributed by atoms with Crippen molar-refractivity contribution in [3.8, 4) is 17.2 Å². The molecule has 2 aromatic carbocycles. The number of ether oxygens (including phenoxy) is 3. The van der Waals surface area contributed by atoms with Gasteiger partial charge in [0.15, 0.2) is 11.5 Å². The van der Waals surface area contributed by atoms with Gasteiger partial charge in [0.1, 0.15) is 5.82 Å². The number of carbonyl (C=O) groups excluding carboxylic acids is 1. The highest BCUT2D eigenvalue weighted by Crippen LogP contribution is 2.38. The normalized spacial score (nSPS) is 11.6. The minimum absolute atomic E-state index is 0.282. The van der Waals surface area contributed by atoms with E-state index in [2.05, 4.69) is 0 Å². The summed E-state index contributed by atoms with van der Waals surface area (Å²) in [6.45, 7) is 1.77. The molecule has 0 aliphatic rings. The average Bonchev–Trinajstić information content (AvgIpc) is 2.65. The van der Waals surface area contributed by atoms with Crippen molar-refractivity contribution in [1.29, 1.82) is 0 Å². The Balaban J connectivity index is 2.38. The predicted octanol–water partition coefficient (Wildman–Crippen LogP) is 3.68. The number of nitrogens with zero attached hydrogens (tertiary/aromatic N) is 1. The van der Waals surface area contributed by atoms with Crippen LogP contribution in [-0.4, -0.2) is 39.2 Å². The van der Waals surface area contributed by atoms with E-state index in [1.54, 1.807) is 44.3 Å². The number of hydrogen-bond acceptors (Lipinski definition) is 4. The van der Waals surface area contributed by atoms with Crippen molar-refractivity contribution >= 4 is 5.91 Å². The van der Waals surface area contributed by atoms with Crippen molar-refractivity contribution < 1.29 is 23.4 Å². The lowest BCUT2D eigenvalue weighted by Gasteiger charge is -2.26. The summed E-state index contributed by atoms with van der Waals surface area (Å²) in [5, 5.41) is 0. The zero-order valence-electron chi connectivity index (χ0n) is 15.0. The first-order valence-electron chi connectivity index (χ1n) is 7.76. The van der Waals surface area contributed by atoms with Gasteiger partial charge in [-0.3, -0.25) is 4.79 Å². The van der Waals surface area contributed by atoms with E-state index in [1.807, 2.05) is 0 Å². The van der Waals surface area contributed by atoms with Crippen molar-refractivity contribution in [2.24, 2.45) is 0 Å². The van der Waals surface area contributed by atoms with Gasteiger partial charge < -0.3 is 19.1 Å². The quantitative estimate of drug-likeness (QED) is 0.800. The summed E-state index contributed by atoms with van der Waals surface area (Å²) >= 11 is 0. The molecule has 6 heteroatoms. The molecule has 0 aromatic heterocycles. The molecular weight excluding hydrogens is 325 g/mol. The minimum Gasteiger partial charge on any atom is -0.493 e. The molecule has 1 unspecified atom stereocenters. The van der Waals surface area contributed by atoms with Crippen molar-refractivity contribution in [2.45, 2.75) is 13.0 Å². The Morgan fingerprint density at radius 3 is 2.08 bits per heavy atom. The molecule has 0 saturated heterocycles. The minimum atomic E-state index is -0.437. The van der Waals surface area contributed by atoms with Crippen molar-refractivity contribution in [3.63, 3.8) is 0 Å². The van der Waals surface area contributed by atoms with Crippen molar-refractivity contribution in [1.82, 2.24) is 4.90 Å². The van der Waals surface area contributed by atoms with E-state index >= 15 is 0 Å². The van der Waals surface area contributed by atoms with E-state index < -0.39 is 6.04 Å². The summed E-state index contributed by atoms with van der Waals surface area (Å²) in [6, 6.07) is 9.12. The molecule has 0 spiro atoms. The van der Waals surface area contributed by atoms with E-state index in [9.17, 15) is 9.18 Å². The zero-order chi connectivity index (χ0) is 18.6. The van der Waals surface area contributed by atoms with Crippen LogP contribution < -0.4 is 14.2 Å². The van der Waals surface area contributed by atoms with Crippen LogP contribution in [0.25, 0.3) is 0 Å². The van der Waals surface area contributed by atoms with Gasteiger partial charge in [0.25, 0.3) is 5.91 Å². The number of benzene rings is 2. The second-order valence-corrected chi connectivity index (χ2v) is 5.53. The maximum Gasteiger partial charge on any atom is 0.254 e. The molecule has 0 bridgehead atoms. The van der Waals surface area contributed by atoms with Gasteiger partial charge in [0, 0.05) is 18.2 Å². The Hall–Kier alpha value is -2.76. The first-order valence-corrected chi connectivity index (χ1v) is 7.76. The molecule has 0 aliphatic heterocycles. The molecule has 0 fully saturated rings. The van der Waals surface area contributed by atoms with E-state index in [4.69, 9.17) is 14.2 Å². The number of hydrogen-bond donors (Lipinski definition) is 0. The fraction of sp³-hybridized carbons (Fsp3) is 0.316. The SMILES string of the molecule is COc1cc(C(=O)N(C)C(C)c2ccccc2F)cc(OC)c1OC. The van der Waals surface area contributed by atoms with Crippen LogP contribution in [0.5, 0.6) is 17.2 Å². The Bertz CT molecular complexity index is 738. The van der Waals surface area contributed by atoms with Crippen LogP contribution in [0.4, 0.5) is 4.39 Å². The number of methoxy groups -OCH3 is 3.